The molecule has 0 bridgehead atoms. The predicted octanol–water partition coefficient (Wildman–Crippen LogP) is 1.39. The number of carboxylic acid groups (broad SMARTS) is 1. The second kappa shape index (κ2) is 6.82. The van der Waals surface area contributed by atoms with Crippen molar-refractivity contribution in [3.05, 3.63) is 5.82 Å². The Hall–Kier alpha value is -0.660. The minimum Gasteiger partial charge on any atom is -0.480 e. The third-order valence-electron chi connectivity index (χ3n) is 1.89. The maximum absolute atomic E-state index is 10.8. The summed E-state index contributed by atoms with van der Waals surface area (Å²) < 4.78 is 4.96. The standard InChI is InChI=1S/C9H15N3O2S2/c1-3-10-7(8(13)14)4-5-15-9-11-6(2)12-16-9/h7,10H,3-5H2,1-2H3,(H,13,14). The van der Waals surface area contributed by atoms with E-state index in [1.807, 2.05) is 13.8 Å². The Morgan fingerprint density at radius 2 is 2.44 bits per heavy atom. The van der Waals surface area contributed by atoms with Crippen molar-refractivity contribution >= 4 is 29.3 Å². The SMILES string of the molecule is CCNC(CCSc1nc(C)ns1)C(=O)O. The van der Waals surface area contributed by atoms with Gasteiger partial charge in [-0.05, 0) is 31.4 Å². The molecular weight excluding hydrogens is 246 g/mol. The first-order valence-corrected chi connectivity index (χ1v) is 6.78. The van der Waals surface area contributed by atoms with Gasteiger partial charge in [-0.3, -0.25) is 4.79 Å². The molecule has 2 N–H and O–H groups in total. The van der Waals surface area contributed by atoms with Gasteiger partial charge >= 0.3 is 5.97 Å². The van der Waals surface area contributed by atoms with E-state index in [0.29, 0.717) is 13.0 Å². The van der Waals surface area contributed by atoms with E-state index in [4.69, 9.17) is 5.11 Å². The Morgan fingerprint density at radius 3 is 2.94 bits per heavy atom. The summed E-state index contributed by atoms with van der Waals surface area (Å²) in [6, 6.07) is -0.466. The second-order valence-electron chi connectivity index (χ2n) is 3.19. The van der Waals surface area contributed by atoms with E-state index in [9.17, 15) is 4.79 Å². The zero-order valence-electron chi connectivity index (χ0n) is 9.27. The van der Waals surface area contributed by atoms with Crippen molar-refractivity contribution < 1.29 is 9.90 Å². The van der Waals surface area contributed by atoms with Crippen LogP contribution in [-0.2, 0) is 4.79 Å². The molecule has 0 saturated carbocycles. The third-order valence-corrected chi connectivity index (χ3v) is 3.85. The summed E-state index contributed by atoms with van der Waals surface area (Å²) >= 11 is 2.91. The Morgan fingerprint density at radius 1 is 1.69 bits per heavy atom. The van der Waals surface area contributed by atoms with Crippen LogP contribution < -0.4 is 5.32 Å². The first-order valence-electron chi connectivity index (χ1n) is 5.02. The molecule has 1 heterocycles. The van der Waals surface area contributed by atoms with Crippen LogP contribution in [0.4, 0.5) is 0 Å². The van der Waals surface area contributed by atoms with Crippen LogP contribution in [0.15, 0.2) is 4.34 Å². The molecule has 7 heteroatoms. The van der Waals surface area contributed by atoms with Gasteiger partial charge in [-0.1, -0.05) is 18.7 Å². The number of nitrogens with one attached hydrogen (secondary N) is 1. The zero-order chi connectivity index (χ0) is 12.0. The summed E-state index contributed by atoms with van der Waals surface area (Å²) in [5.74, 6) is 0.711. The van der Waals surface area contributed by atoms with Crippen LogP contribution in [-0.4, -0.2) is 38.8 Å². The first-order chi connectivity index (χ1) is 7.63. The van der Waals surface area contributed by atoms with E-state index in [1.54, 1.807) is 11.8 Å². The molecule has 1 atom stereocenters. The zero-order valence-corrected chi connectivity index (χ0v) is 10.9. The number of aromatic nitrogens is 2. The minimum atomic E-state index is -0.795. The van der Waals surface area contributed by atoms with Crippen LogP contribution in [0.2, 0.25) is 0 Å². The topological polar surface area (TPSA) is 75.1 Å². The van der Waals surface area contributed by atoms with Crippen LogP contribution in [0.1, 0.15) is 19.2 Å². The number of hydrogen-bond acceptors (Lipinski definition) is 6. The predicted molar refractivity (Wildman–Crippen MR) is 65.1 cm³/mol. The van der Waals surface area contributed by atoms with Crippen molar-refractivity contribution in [3.8, 4) is 0 Å². The fraction of sp³-hybridized carbons (Fsp3) is 0.667. The molecule has 16 heavy (non-hydrogen) atoms. The van der Waals surface area contributed by atoms with Gasteiger partial charge in [0.2, 0.25) is 0 Å². The molecule has 1 aromatic heterocycles. The first kappa shape index (κ1) is 13.4. The van der Waals surface area contributed by atoms with E-state index in [-0.39, 0.29) is 0 Å². The molecule has 1 unspecified atom stereocenters. The monoisotopic (exact) mass is 261 g/mol. The molecule has 90 valence electrons. The summed E-state index contributed by atoms with van der Waals surface area (Å²) in [6.45, 7) is 4.41. The second-order valence-corrected chi connectivity index (χ2v) is 5.29. The molecule has 1 aromatic rings. The van der Waals surface area contributed by atoms with Gasteiger partial charge in [0.05, 0.1) is 0 Å². The molecule has 0 saturated heterocycles. The van der Waals surface area contributed by atoms with E-state index < -0.39 is 12.0 Å². The lowest BCUT2D eigenvalue weighted by Gasteiger charge is -2.11. The maximum Gasteiger partial charge on any atom is 0.320 e. The van der Waals surface area contributed by atoms with E-state index >= 15 is 0 Å². The number of carboxylic acids is 1. The number of likely N-dealkylation sites (N-methyl/N-ethyl adjacent to an activating group) is 1. The highest BCUT2D eigenvalue weighted by Gasteiger charge is 2.15. The number of carbonyl (C=O) groups is 1. The number of aryl methyl sites for hydroxylation is 1. The molecule has 0 aromatic carbocycles. The van der Waals surface area contributed by atoms with Crippen molar-refractivity contribution in [1.29, 1.82) is 0 Å². The molecule has 1 rings (SSSR count). The molecule has 0 fully saturated rings. The normalized spacial score (nSPS) is 12.6. The van der Waals surface area contributed by atoms with Crippen molar-refractivity contribution in [2.45, 2.75) is 30.6 Å². The van der Waals surface area contributed by atoms with Crippen LogP contribution in [0.25, 0.3) is 0 Å². The van der Waals surface area contributed by atoms with Crippen LogP contribution in [0.5, 0.6) is 0 Å². The lowest BCUT2D eigenvalue weighted by atomic mass is 10.2. The van der Waals surface area contributed by atoms with E-state index in [0.717, 1.165) is 15.9 Å². The van der Waals surface area contributed by atoms with Crippen LogP contribution >= 0.6 is 23.3 Å². The average Bonchev–Trinajstić information content (AvgIpc) is 2.63. The highest BCUT2D eigenvalue weighted by atomic mass is 32.2. The van der Waals surface area contributed by atoms with Crippen molar-refractivity contribution in [2.24, 2.45) is 0 Å². The van der Waals surface area contributed by atoms with Gasteiger partial charge in [-0.2, -0.15) is 4.37 Å². The Kier molecular flexibility index (Phi) is 5.72. The molecule has 5 nitrogen and oxygen atoms in total. The van der Waals surface area contributed by atoms with Gasteiger partial charge in [0.15, 0.2) is 4.34 Å². The van der Waals surface area contributed by atoms with Crippen LogP contribution in [0.3, 0.4) is 0 Å². The Balaban J connectivity index is 2.30. The Labute approximate surface area is 103 Å². The Bertz CT molecular complexity index is 343. The quantitative estimate of drug-likeness (QED) is 0.722. The van der Waals surface area contributed by atoms with E-state index in [1.165, 1.54) is 11.5 Å². The van der Waals surface area contributed by atoms with Crippen molar-refractivity contribution in [1.82, 2.24) is 14.7 Å². The highest BCUT2D eigenvalue weighted by Crippen LogP contribution is 2.20. The smallest absolute Gasteiger partial charge is 0.320 e. The van der Waals surface area contributed by atoms with Crippen molar-refractivity contribution in [3.63, 3.8) is 0 Å². The van der Waals surface area contributed by atoms with Gasteiger partial charge in [0, 0.05) is 5.75 Å². The number of hydrogen-bond donors (Lipinski definition) is 2. The van der Waals surface area contributed by atoms with Gasteiger partial charge in [-0.15, -0.1) is 0 Å². The fourth-order valence-electron chi connectivity index (χ4n) is 1.16. The molecule has 0 aliphatic heterocycles. The van der Waals surface area contributed by atoms with Gasteiger partial charge in [0.25, 0.3) is 0 Å². The molecule has 0 amide bonds. The summed E-state index contributed by atoms with van der Waals surface area (Å²) in [4.78, 5) is 15.0. The largest absolute Gasteiger partial charge is 0.480 e. The minimum absolute atomic E-state index is 0.466. The maximum atomic E-state index is 10.8. The number of thioether (sulfide) groups is 1. The molecule has 0 spiro atoms. The summed E-state index contributed by atoms with van der Waals surface area (Å²) in [5.41, 5.74) is 0. The molecule has 0 radical (unpaired) electrons. The van der Waals surface area contributed by atoms with Gasteiger partial charge in [-0.25, -0.2) is 4.98 Å². The summed E-state index contributed by atoms with van der Waals surface area (Å²) in [7, 11) is 0. The van der Waals surface area contributed by atoms with Gasteiger partial charge < -0.3 is 10.4 Å². The molecular formula is C9H15N3O2S2. The lowest BCUT2D eigenvalue weighted by molar-refractivity contribution is -0.139. The van der Waals surface area contributed by atoms with Crippen LogP contribution in [0, 0.1) is 6.92 Å². The molecule has 0 aliphatic carbocycles. The number of rotatable bonds is 7. The van der Waals surface area contributed by atoms with Crippen molar-refractivity contribution in [2.75, 3.05) is 12.3 Å². The molecule has 0 aliphatic rings. The third kappa shape index (κ3) is 4.46. The van der Waals surface area contributed by atoms with Gasteiger partial charge in [0.1, 0.15) is 11.9 Å². The summed E-state index contributed by atoms with van der Waals surface area (Å²) in [5, 5.41) is 11.8. The van der Waals surface area contributed by atoms with E-state index in [2.05, 4.69) is 14.7 Å². The fourth-order valence-corrected chi connectivity index (χ4v) is 2.88. The number of aliphatic carboxylic acids is 1. The lowest BCUT2D eigenvalue weighted by Crippen LogP contribution is -2.36. The average molecular weight is 261 g/mol. The highest BCUT2D eigenvalue weighted by molar-refractivity contribution is 8.00. The number of nitrogens with zero attached hydrogens (tertiary/aromatic N) is 2. The summed E-state index contributed by atoms with van der Waals surface area (Å²) in [6.07, 6.45) is 0.590.